The maximum absolute atomic E-state index is 13.6. The molecule has 37 heavy (non-hydrogen) atoms. The van der Waals surface area contributed by atoms with E-state index < -0.39 is 45.0 Å². The van der Waals surface area contributed by atoms with Crippen LogP contribution >= 0.6 is 23.2 Å². The maximum Gasteiger partial charge on any atom is 0.271 e. The highest BCUT2D eigenvalue weighted by Crippen LogP contribution is 2.34. The number of nitro benzene ring substituents is 1. The molecule has 2 aromatic carbocycles. The highest BCUT2D eigenvalue weighted by molar-refractivity contribution is 7.92. The molecule has 0 radical (unpaired) electrons. The van der Waals surface area contributed by atoms with E-state index in [4.69, 9.17) is 27.9 Å². The smallest absolute Gasteiger partial charge is 0.271 e. The molecule has 14 heteroatoms. The van der Waals surface area contributed by atoms with E-state index >= 15 is 0 Å². The first-order valence-corrected chi connectivity index (χ1v) is 13.7. The van der Waals surface area contributed by atoms with Crippen LogP contribution in [0.15, 0.2) is 36.4 Å². The van der Waals surface area contributed by atoms with Gasteiger partial charge >= 0.3 is 0 Å². The zero-order chi connectivity index (χ0) is 27.9. The molecule has 0 saturated carbocycles. The number of hydrogen-bond donors (Lipinski definition) is 1. The molecule has 2 amide bonds. The van der Waals surface area contributed by atoms with Gasteiger partial charge in [0.25, 0.3) is 5.69 Å². The van der Waals surface area contributed by atoms with Gasteiger partial charge < -0.3 is 15.0 Å². The van der Waals surface area contributed by atoms with Gasteiger partial charge in [-0.15, -0.1) is 0 Å². The lowest BCUT2D eigenvalue weighted by atomic mass is 10.1. The molecule has 0 aromatic heterocycles. The Kier molecular flexibility index (Phi) is 10.5. The van der Waals surface area contributed by atoms with Gasteiger partial charge in [0, 0.05) is 40.8 Å². The second-order valence-corrected chi connectivity index (χ2v) is 10.8. The third-order valence-corrected chi connectivity index (χ3v) is 7.26. The van der Waals surface area contributed by atoms with Crippen molar-refractivity contribution in [1.29, 1.82) is 0 Å². The van der Waals surface area contributed by atoms with Crippen molar-refractivity contribution >= 4 is 56.4 Å². The first kappa shape index (κ1) is 30.1. The SMILES string of the molecule is CCCNC(=O)C(C)N(Cc1c(Cl)cccc1Cl)C(=O)CN(c1cc([N+](=O)[O-])ccc1OC)S(C)(=O)=O. The van der Waals surface area contributed by atoms with Gasteiger partial charge in [-0.2, -0.15) is 0 Å². The average Bonchev–Trinajstić information content (AvgIpc) is 2.84. The van der Waals surface area contributed by atoms with Crippen LogP contribution < -0.4 is 14.4 Å². The van der Waals surface area contributed by atoms with E-state index in [1.807, 2.05) is 6.92 Å². The number of ether oxygens (including phenoxy) is 1. The molecule has 0 aliphatic rings. The van der Waals surface area contributed by atoms with E-state index in [1.54, 1.807) is 18.2 Å². The third kappa shape index (κ3) is 7.70. The lowest BCUT2D eigenvalue weighted by molar-refractivity contribution is -0.384. The second kappa shape index (κ2) is 12.9. The van der Waals surface area contributed by atoms with Crippen LogP contribution in [0.4, 0.5) is 11.4 Å². The molecule has 1 atom stereocenters. The summed E-state index contributed by atoms with van der Waals surface area (Å²) in [7, 11) is -2.88. The number of benzene rings is 2. The van der Waals surface area contributed by atoms with Gasteiger partial charge in [-0.25, -0.2) is 8.42 Å². The summed E-state index contributed by atoms with van der Waals surface area (Å²) in [5, 5.41) is 14.5. The summed E-state index contributed by atoms with van der Waals surface area (Å²) in [5.74, 6) is -1.23. The number of nitrogens with one attached hydrogen (secondary N) is 1. The number of sulfonamides is 1. The zero-order valence-electron chi connectivity index (χ0n) is 20.7. The second-order valence-electron chi connectivity index (χ2n) is 8.07. The molecule has 2 aromatic rings. The molecule has 0 fully saturated rings. The zero-order valence-corrected chi connectivity index (χ0v) is 23.1. The lowest BCUT2D eigenvalue weighted by Crippen LogP contribution is -2.51. The number of nitro groups is 1. The minimum atomic E-state index is -4.14. The molecular weight excluding hydrogens is 547 g/mol. The fourth-order valence-electron chi connectivity index (χ4n) is 3.41. The summed E-state index contributed by atoms with van der Waals surface area (Å²) in [4.78, 5) is 38.2. The van der Waals surface area contributed by atoms with E-state index in [1.165, 1.54) is 20.1 Å². The monoisotopic (exact) mass is 574 g/mol. The Labute approximate surface area is 225 Å². The number of nitrogens with zero attached hydrogens (tertiary/aromatic N) is 3. The quantitative estimate of drug-likeness (QED) is 0.301. The molecule has 0 bridgehead atoms. The number of carbonyl (C=O) groups excluding carboxylic acids is 2. The summed E-state index contributed by atoms with van der Waals surface area (Å²) >= 11 is 12.6. The van der Waals surface area contributed by atoms with Crippen molar-refractivity contribution in [1.82, 2.24) is 10.2 Å². The molecule has 11 nitrogen and oxygen atoms in total. The molecule has 0 aliphatic heterocycles. The van der Waals surface area contributed by atoms with Crippen LogP contribution in [0.25, 0.3) is 0 Å². The average molecular weight is 575 g/mol. The summed E-state index contributed by atoms with van der Waals surface area (Å²) in [6.07, 6.45) is 1.52. The highest BCUT2D eigenvalue weighted by atomic mass is 35.5. The van der Waals surface area contributed by atoms with Crippen molar-refractivity contribution in [2.45, 2.75) is 32.9 Å². The van der Waals surface area contributed by atoms with Crippen molar-refractivity contribution in [2.24, 2.45) is 0 Å². The van der Waals surface area contributed by atoms with Gasteiger partial charge in [0.05, 0.1) is 18.3 Å². The summed E-state index contributed by atoms with van der Waals surface area (Å²) < 4.78 is 31.4. The number of rotatable bonds is 12. The standard InChI is InChI=1S/C23H28Cl2N4O7S/c1-5-11-26-23(31)15(2)27(13-17-18(24)7-6-8-19(17)25)22(30)14-28(37(4,34)35)20-12-16(29(32)33)9-10-21(20)36-3/h6-10,12,15H,5,11,13-14H2,1-4H3,(H,26,31). The molecular formula is C23H28Cl2N4O7S. The number of halogens is 2. The fourth-order valence-corrected chi connectivity index (χ4v) is 4.78. The van der Waals surface area contributed by atoms with Gasteiger partial charge in [-0.1, -0.05) is 36.2 Å². The Morgan fingerprint density at radius 1 is 1.19 bits per heavy atom. The van der Waals surface area contributed by atoms with Crippen molar-refractivity contribution in [2.75, 3.05) is 30.8 Å². The lowest BCUT2D eigenvalue weighted by Gasteiger charge is -2.32. The number of carbonyl (C=O) groups is 2. The third-order valence-electron chi connectivity index (χ3n) is 5.43. The van der Waals surface area contributed by atoms with E-state index in [2.05, 4.69) is 5.32 Å². The van der Waals surface area contributed by atoms with Gasteiger partial charge in [-0.3, -0.25) is 24.0 Å². The Balaban J connectivity index is 2.56. The van der Waals surface area contributed by atoms with Crippen LogP contribution in [-0.4, -0.2) is 62.6 Å². The summed E-state index contributed by atoms with van der Waals surface area (Å²) in [5.41, 5.74) is -0.233. The summed E-state index contributed by atoms with van der Waals surface area (Å²) in [6, 6.07) is 7.13. The molecule has 0 spiro atoms. The number of anilines is 1. The molecule has 2 rings (SSSR count). The van der Waals surface area contributed by atoms with Crippen LogP contribution in [0.1, 0.15) is 25.8 Å². The van der Waals surface area contributed by atoms with Crippen molar-refractivity contribution < 1.29 is 27.7 Å². The van der Waals surface area contributed by atoms with Crippen molar-refractivity contribution in [3.63, 3.8) is 0 Å². The van der Waals surface area contributed by atoms with Gasteiger partial charge in [0.1, 0.15) is 24.0 Å². The van der Waals surface area contributed by atoms with Crippen LogP contribution in [0, 0.1) is 10.1 Å². The number of amides is 2. The van der Waals surface area contributed by atoms with Crippen LogP contribution in [0.3, 0.4) is 0 Å². The van der Waals surface area contributed by atoms with E-state index in [0.29, 0.717) is 22.8 Å². The molecule has 202 valence electrons. The number of non-ortho nitro benzene ring substituents is 1. The number of hydrogen-bond acceptors (Lipinski definition) is 7. The number of methoxy groups -OCH3 is 1. The van der Waals surface area contributed by atoms with Crippen LogP contribution in [0.5, 0.6) is 5.75 Å². The predicted molar refractivity (Wildman–Crippen MR) is 142 cm³/mol. The largest absolute Gasteiger partial charge is 0.495 e. The molecule has 1 N–H and O–H groups in total. The van der Waals surface area contributed by atoms with Gasteiger partial charge in [0.2, 0.25) is 21.8 Å². The Hall–Kier alpha value is -3.09. The minimum absolute atomic E-state index is 0.00161. The first-order chi connectivity index (χ1) is 17.3. The van der Waals surface area contributed by atoms with E-state index in [0.717, 1.165) is 23.3 Å². The maximum atomic E-state index is 13.6. The molecule has 1 unspecified atom stereocenters. The fraction of sp³-hybridized carbons (Fsp3) is 0.391. The Morgan fingerprint density at radius 3 is 2.32 bits per heavy atom. The van der Waals surface area contributed by atoms with Crippen LogP contribution in [-0.2, 0) is 26.2 Å². The summed E-state index contributed by atoms with van der Waals surface area (Å²) in [6.45, 7) is 2.77. The van der Waals surface area contributed by atoms with Gasteiger partial charge in [0.15, 0.2) is 0 Å². The van der Waals surface area contributed by atoms with E-state index in [-0.39, 0.29) is 28.0 Å². The predicted octanol–water partition coefficient (Wildman–Crippen LogP) is 3.62. The molecule has 0 aliphatic carbocycles. The molecule has 0 saturated heterocycles. The molecule has 0 heterocycles. The van der Waals surface area contributed by atoms with Crippen molar-refractivity contribution in [3.05, 3.63) is 62.1 Å². The van der Waals surface area contributed by atoms with E-state index in [9.17, 15) is 28.1 Å². The first-order valence-electron chi connectivity index (χ1n) is 11.1. The Bertz CT molecular complexity index is 1250. The van der Waals surface area contributed by atoms with Crippen molar-refractivity contribution in [3.8, 4) is 5.75 Å². The van der Waals surface area contributed by atoms with Gasteiger partial charge in [-0.05, 0) is 31.5 Å². The van der Waals surface area contributed by atoms with Crippen LogP contribution in [0.2, 0.25) is 10.0 Å². The Morgan fingerprint density at radius 2 is 1.81 bits per heavy atom. The normalized spacial score (nSPS) is 11.9. The topological polar surface area (TPSA) is 139 Å². The minimum Gasteiger partial charge on any atom is -0.495 e. The highest BCUT2D eigenvalue weighted by Gasteiger charge is 2.32.